The molecule has 1 saturated carbocycles. The van der Waals surface area contributed by atoms with Crippen molar-refractivity contribution in [1.29, 1.82) is 0 Å². The van der Waals surface area contributed by atoms with E-state index in [1.54, 1.807) is 0 Å². The number of benzene rings is 1. The first-order chi connectivity index (χ1) is 7.68. The van der Waals surface area contributed by atoms with Gasteiger partial charge in [-0.1, -0.05) is 25.0 Å². The Bertz CT molecular complexity index is 340. The van der Waals surface area contributed by atoms with Crippen LogP contribution in [0.5, 0.6) is 0 Å². The van der Waals surface area contributed by atoms with Crippen LogP contribution in [-0.2, 0) is 6.42 Å². The van der Waals surface area contributed by atoms with Gasteiger partial charge in [0.2, 0.25) is 0 Å². The molecule has 0 spiro atoms. The van der Waals surface area contributed by atoms with E-state index in [-0.39, 0.29) is 0 Å². The third-order valence-electron chi connectivity index (χ3n) is 3.62. The van der Waals surface area contributed by atoms with Gasteiger partial charge in [-0.05, 0) is 50.4 Å². The predicted molar refractivity (Wildman–Crippen MR) is 69.4 cm³/mol. The first kappa shape index (κ1) is 11.5. The van der Waals surface area contributed by atoms with Crippen molar-refractivity contribution in [3.05, 3.63) is 29.8 Å². The average molecular weight is 218 g/mol. The van der Waals surface area contributed by atoms with Crippen molar-refractivity contribution in [2.24, 2.45) is 0 Å². The van der Waals surface area contributed by atoms with E-state index in [2.05, 4.69) is 24.4 Å². The monoisotopic (exact) mass is 218 g/mol. The van der Waals surface area contributed by atoms with E-state index in [1.807, 2.05) is 12.1 Å². The number of hydrogen-bond donors (Lipinski definition) is 2. The van der Waals surface area contributed by atoms with Gasteiger partial charge < -0.3 is 11.1 Å². The van der Waals surface area contributed by atoms with Gasteiger partial charge in [-0.15, -0.1) is 0 Å². The molecular weight excluding hydrogens is 196 g/mol. The van der Waals surface area contributed by atoms with Crippen LogP contribution in [0.25, 0.3) is 0 Å². The third-order valence-corrected chi connectivity index (χ3v) is 3.62. The van der Waals surface area contributed by atoms with Gasteiger partial charge in [-0.2, -0.15) is 0 Å². The zero-order valence-electron chi connectivity index (χ0n) is 10.1. The zero-order valence-corrected chi connectivity index (χ0v) is 10.1. The van der Waals surface area contributed by atoms with Crippen LogP contribution >= 0.6 is 0 Å². The average Bonchev–Trinajstić information content (AvgIpc) is 2.65. The predicted octanol–water partition coefficient (Wildman–Crippen LogP) is 2.73. The maximum Gasteiger partial charge on any atom is 0.0316 e. The number of rotatable bonds is 4. The summed E-state index contributed by atoms with van der Waals surface area (Å²) in [4.78, 5) is 0. The van der Waals surface area contributed by atoms with Crippen molar-refractivity contribution in [3.8, 4) is 0 Å². The normalized spacial score (nSPS) is 18.8. The lowest BCUT2D eigenvalue weighted by molar-refractivity contribution is 0.368. The standard InChI is InChI=1S/C14H22N2/c1-14(8-2-3-9-14)16-10-7-12-5-4-6-13(15)11-12/h4-6,11,16H,2-3,7-10,15H2,1H3. The summed E-state index contributed by atoms with van der Waals surface area (Å²) in [6.45, 7) is 3.40. The summed E-state index contributed by atoms with van der Waals surface area (Å²) in [5.41, 5.74) is 8.34. The molecule has 3 N–H and O–H groups in total. The lowest BCUT2D eigenvalue weighted by atomic mass is 10.0. The molecule has 16 heavy (non-hydrogen) atoms. The topological polar surface area (TPSA) is 38.0 Å². The first-order valence-electron chi connectivity index (χ1n) is 6.27. The van der Waals surface area contributed by atoms with E-state index in [0.717, 1.165) is 18.7 Å². The van der Waals surface area contributed by atoms with Crippen LogP contribution in [0.1, 0.15) is 38.2 Å². The second-order valence-corrected chi connectivity index (χ2v) is 5.19. The molecule has 0 aliphatic heterocycles. The summed E-state index contributed by atoms with van der Waals surface area (Å²) < 4.78 is 0. The van der Waals surface area contributed by atoms with Crippen molar-refractivity contribution < 1.29 is 0 Å². The molecule has 1 fully saturated rings. The maximum absolute atomic E-state index is 5.76. The fourth-order valence-corrected chi connectivity index (χ4v) is 2.59. The molecule has 0 heterocycles. The molecule has 0 saturated heterocycles. The summed E-state index contributed by atoms with van der Waals surface area (Å²) in [6, 6.07) is 8.19. The molecule has 1 aromatic carbocycles. The Balaban J connectivity index is 1.79. The van der Waals surface area contributed by atoms with Crippen LogP contribution in [0.2, 0.25) is 0 Å². The van der Waals surface area contributed by atoms with Crippen molar-refractivity contribution in [2.45, 2.75) is 44.6 Å². The lowest BCUT2D eigenvalue weighted by Gasteiger charge is -2.25. The Morgan fingerprint density at radius 3 is 2.75 bits per heavy atom. The molecular formula is C14H22N2. The Kier molecular flexibility index (Phi) is 3.49. The number of hydrogen-bond acceptors (Lipinski definition) is 2. The highest BCUT2D eigenvalue weighted by atomic mass is 15.0. The van der Waals surface area contributed by atoms with Gasteiger partial charge in [0.25, 0.3) is 0 Å². The second-order valence-electron chi connectivity index (χ2n) is 5.19. The van der Waals surface area contributed by atoms with Crippen molar-refractivity contribution in [1.82, 2.24) is 5.32 Å². The molecule has 0 amide bonds. The van der Waals surface area contributed by atoms with Gasteiger partial charge in [0.1, 0.15) is 0 Å². The van der Waals surface area contributed by atoms with Crippen LogP contribution in [0.3, 0.4) is 0 Å². The molecule has 1 aromatic rings. The van der Waals surface area contributed by atoms with E-state index in [0.29, 0.717) is 5.54 Å². The van der Waals surface area contributed by atoms with Gasteiger partial charge in [-0.25, -0.2) is 0 Å². The van der Waals surface area contributed by atoms with Gasteiger partial charge in [0.05, 0.1) is 0 Å². The van der Waals surface area contributed by atoms with Gasteiger partial charge >= 0.3 is 0 Å². The van der Waals surface area contributed by atoms with Crippen LogP contribution in [-0.4, -0.2) is 12.1 Å². The number of nitrogen functional groups attached to an aromatic ring is 1. The van der Waals surface area contributed by atoms with E-state index in [9.17, 15) is 0 Å². The molecule has 0 unspecified atom stereocenters. The largest absolute Gasteiger partial charge is 0.399 e. The minimum Gasteiger partial charge on any atom is -0.399 e. The highest BCUT2D eigenvalue weighted by molar-refractivity contribution is 5.40. The summed E-state index contributed by atoms with van der Waals surface area (Å²) in [7, 11) is 0. The van der Waals surface area contributed by atoms with E-state index in [1.165, 1.54) is 31.2 Å². The Hall–Kier alpha value is -1.02. The summed E-state index contributed by atoms with van der Waals surface area (Å²) >= 11 is 0. The van der Waals surface area contributed by atoms with Gasteiger partial charge in [-0.3, -0.25) is 0 Å². The summed E-state index contributed by atoms with van der Waals surface area (Å²) in [5.74, 6) is 0. The minimum atomic E-state index is 0.389. The summed E-state index contributed by atoms with van der Waals surface area (Å²) in [5, 5.41) is 3.69. The number of nitrogens with two attached hydrogens (primary N) is 1. The number of nitrogens with one attached hydrogen (secondary N) is 1. The molecule has 2 heteroatoms. The van der Waals surface area contributed by atoms with E-state index in [4.69, 9.17) is 5.73 Å². The Morgan fingerprint density at radius 2 is 2.06 bits per heavy atom. The molecule has 0 radical (unpaired) electrons. The molecule has 1 aliphatic rings. The van der Waals surface area contributed by atoms with Crippen molar-refractivity contribution in [2.75, 3.05) is 12.3 Å². The quantitative estimate of drug-likeness (QED) is 0.763. The lowest BCUT2D eigenvalue weighted by Crippen LogP contribution is -2.40. The van der Waals surface area contributed by atoms with Crippen molar-refractivity contribution >= 4 is 5.69 Å². The Labute approximate surface area is 98.2 Å². The van der Waals surface area contributed by atoms with E-state index < -0.39 is 0 Å². The fourth-order valence-electron chi connectivity index (χ4n) is 2.59. The fraction of sp³-hybridized carbons (Fsp3) is 0.571. The molecule has 0 atom stereocenters. The molecule has 2 nitrogen and oxygen atoms in total. The molecule has 0 aromatic heterocycles. The third kappa shape index (κ3) is 2.99. The molecule has 2 rings (SSSR count). The van der Waals surface area contributed by atoms with Gasteiger partial charge in [0.15, 0.2) is 0 Å². The highest BCUT2D eigenvalue weighted by Gasteiger charge is 2.27. The first-order valence-corrected chi connectivity index (χ1v) is 6.27. The van der Waals surface area contributed by atoms with Crippen LogP contribution in [0.15, 0.2) is 24.3 Å². The van der Waals surface area contributed by atoms with Crippen LogP contribution in [0.4, 0.5) is 5.69 Å². The van der Waals surface area contributed by atoms with Crippen LogP contribution in [0, 0.1) is 0 Å². The molecule has 0 bridgehead atoms. The Morgan fingerprint density at radius 1 is 1.31 bits per heavy atom. The number of anilines is 1. The van der Waals surface area contributed by atoms with Crippen LogP contribution < -0.4 is 11.1 Å². The zero-order chi connectivity index (χ0) is 11.4. The SMILES string of the molecule is CC1(NCCc2cccc(N)c2)CCCC1. The smallest absolute Gasteiger partial charge is 0.0316 e. The highest BCUT2D eigenvalue weighted by Crippen LogP contribution is 2.28. The van der Waals surface area contributed by atoms with E-state index >= 15 is 0 Å². The molecule has 88 valence electrons. The summed E-state index contributed by atoms with van der Waals surface area (Å²) in [6.07, 6.45) is 6.47. The second kappa shape index (κ2) is 4.88. The minimum absolute atomic E-state index is 0.389. The molecule has 1 aliphatic carbocycles. The van der Waals surface area contributed by atoms with Gasteiger partial charge in [0, 0.05) is 11.2 Å². The maximum atomic E-state index is 5.76. The van der Waals surface area contributed by atoms with Crippen molar-refractivity contribution in [3.63, 3.8) is 0 Å².